The fourth-order valence-electron chi connectivity index (χ4n) is 2.31. The van der Waals surface area contributed by atoms with Crippen molar-refractivity contribution in [1.29, 1.82) is 0 Å². The van der Waals surface area contributed by atoms with Crippen LogP contribution >= 0.6 is 0 Å². The van der Waals surface area contributed by atoms with E-state index >= 15 is 0 Å². The molecule has 0 aliphatic heterocycles. The lowest BCUT2D eigenvalue weighted by atomic mass is 9.63. The van der Waals surface area contributed by atoms with Gasteiger partial charge in [-0.2, -0.15) is 0 Å². The van der Waals surface area contributed by atoms with E-state index in [4.69, 9.17) is 9.47 Å². The zero-order valence-corrected chi connectivity index (χ0v) is 10.6. The maximum absolute atomic E-state index is 9.83. The van der Waals surface area contributed by atoms with Crippen LogP contribution in [0, 0.1) is 5.41 Å². The van der Waals surface area contributed by atoms with Gasteiger partial charge in [-0.15, -0.1) is 0 Å². The summed E-state index contributed by atoms with van der Waals surface area (Å²) in [5.74, 6) is 1.50. The van der Waals surface area contributed by atoms with Gasteiger partial charge in [0.2, 0.25) is 0 Å². The van der Waals surface area contributed by atoms with E-state index in [9.17, 15) is 5.11 Å². The van der Waals surface area contributed by atoms with Crippen molar-refractivity contribution in [3.8, 4) is 11.5 Å². The lowest BCUT2D eigenvalue weighted by Crippen LogP contribution is -2.57. The zero-order chi connectivity index (χ0) is 12.5. The van der Waals surface area contributed by atoms with E-state index < -0.39 is 0 Å². The van der Waals surface area contributed by atoms with Crippen LogP contribution in [0.1, 0.15) is 26.7 Å². The van der Waals surface area contributed by atoms with Crippen LogP contribution in [0.25, 0.3) is 0 Å². The van der Waals surface area contributed by atoms with Crippen molar-refractivity contribution < 1.29 is 14.6 Å². The third-order valence-corrected chi connectivity index (χ3v) is 4.03. The highest BCUT2D eigenvalue weighted by molar-refractivity contribution is 5.39. The minimum Gasteiger partial charge on any atom is -0.493 e. The van der Waals surface area contributed by atoms with Crippen LogP contribution in [0.2, 0.25) is 0 Å². The quantitative estimate of drug-likeness (QED) is 0.873. The first-order valence-corrected chi connectivity index (χ1v) is 6.09. The van der Waals surface area contributed by atoms with Gasteiger partial charge >= 0.3 is 0 Å². The van der Waals surface area contributed by atoms with Gasteiger partial charge in [0.1, 0.15) is 6.10 Å². The van der Waals surface area contributed by atoms with Crippen molar-refractivity contribution in [2.24, 2.45) is 5.41 Å². The molecule has 1 aliphatic rings. The van der Waals surface area contributed by atoms with Gasteiger partial charge in [0.05, 0.1) is 13.2 Å². The average molecular weight is 236 g/mol. The van der Waals surface area contributed by atoms with Gasteiger partial charge in [-0.05, 0) is 18.6 Å². The van der Waals surface area contributed by atoms with E-state index in [1.165, 1.54) is 0 Å². The molecule has 0 heterocycles. The fraction of sp³-hybridized carbons (Fsp3) is 0.571. The number of hydrogen-bond donors (Lipinski definition) is 1. The first-order chi connectivity index (χ1) is 8.11. The SMILES string of the molecule is CCC1(C)C(O)CC1Oc1ccccc1OC. The molecule has 3 heteroatoms. The highest BCUT2D eigenvalue weighted by atomic mass is 16.5. The minimum absolute atomic E-state index is 0.0683. The van der Waals surface area contributed by atoms with Gasteiger partial charge in [-0.1, -0.05) is 26.0 Å². The summed E-state index contributed by atoms with van der Waals surface area (Å²) in [6.45, 7) is 4.15. The highest BCUT2D eigenvalue weighted by Gasteiger charge is 2.51. The van der Waals surface area contributed by atoms with Crippen molar-refractivity contribution in [2.75, 3.05) is 7.11 Å². The number of benzene rings is 1. The fourth-order valence-corrected chi connectivity index (χ4v) is 2.31. The minimum atomic E-state index is -0.257. The third-order valence-electron chi connectivity index (χ3n) is 4.03. The summed E-state index contributed by atoms with van der Waals surface area (Å²) in [7, 11) is 1.64. The van der Waals surface area contributed by atoms with Gasteiger partial charge in [-0.3, -0.25) is 0 Å². The second-order valence-corrected chi connectivity index (χ2v) is 4.87. The van der Waals surface area contributed by atoms with E-state index in [0.717, 1.165) is 17.9 Å². The van der Waals surface area contributed by atoms with Gasteiger partial charge in [0.15, 0.2) is 11.5 Å². The number of para-hydroxylation sites is 2. The average Bonchev–Trinajstić information content (AvgIpc) is 2.37. The summed E-state index contributed by atoms with van der Waals surface area (Å²) in [6, 6.07) is 7.63. The molecule has 94 valence electrons. The number of methoxy groups -OCH3 is 1. The Hall–Kier alpha value is -1.22. The Morgan fingerprint density at radius 3 is 2.53 bits per heavy atom. The normalized spacial score (nSPS) is 31.8. The summed E-state index contributed by atoms with van der Waals surface area (Å²) in [6.07, 6.45) is 1.42. The van der Waals surface area contributed by atoms with Gasteiger partial charge in [-0.25, -0.2) is 0 Å². The van der Waals surface area contributed by atoms with Crippen molar-refractivity contribution >= 4 is 0 Å². The van der Waals surface area contributed by atoms with Crippen molar-refractivity contribution in [3.63, 3.8) is 0 Å². The molecule has 1 fully saturated rings. The third kappa shape index (κ3) is 2.00. The zero-order valence-electron chi connectivity index (χ0n) is 10.6. The molecule has 0 spiro atoms. The van der Waals surface area contributed by atoms with E-state index in [1.807, 2.05) is 24.3 Å². The summed E-state index contributed by atoms with van der Waals surface area (Å²) in [5.41, 5.74) is -0.138. The van der Waals surface area contributed by atoms with Crippen LogP contribution in [-0.4, -0.2) is 24.4 Å². The van der Waals surface area contributed by atoms with Crippen molar-refractivity contribution in [3.05, 3.63) is 24.3 Å². The summed E-state index contributed by atoms with van der Waals surface area (Å²) < 4.78 is 11.2. The molecule has 1 N–H and O–H groups in total. The highest BCUT2D eigenvalue weighted by Crippen LogP contribution is 2.46. The van der Waals surface area contributed by atoms with Gasteiger partial charge in [0, 0.05) is 11.8 Å². The van der Waals surface area contributed by atoms with Crippen molar-refractivity contribution in [2.45, 2.75) is 38.9 Å². The molecule has 0 bridgehead atoms. The van der Waals surface area contributed by atoms with Crippen molar-refractivity contribution in [1.82, 2.24) is 0 Å². The van der Waals surface area contributed by atoms with Gasteiger partial charge in [0.25, 0.3) is 0 Å². The largest absolute Gasteiger partial charge is 0.493 e. The molecule has 3 unspecified atom stereocenters. The standard InChI is InChI=1S/C14H20O3/c1-4-14(2)12(15)9-13(14)17-11-8-6-5-7-10(11)16-3/h5-8,12-13,15H,4,9H2,1-3H3. The summed E-state index contributed by atoms with van der Waals surface area (Å²) in [4.78, 5) is 0. The number of hydrogen-bond acceptors (Lipinski definition) is 3. The van der Waals surface area contributed by atoms with Crippen LogP contribution in [0.4, 0.5) is 0 Å². The van der Waals surface area contributed by atoms with E-state index in [2.05, 4.69) is 13.8 Å². The second-order valence-electron chi connectivity index (χ2n) is 4.87. The van der Waals surface area contributed by atoms with Gasteiger partial charge < -0.3 is 14.6 Å². The van der Waals surface area contributed by atoms with E-state index in [1.54, 1.807) is 7.11 Å². The number of aliphatic hydroxyl groups excluding tert-OH is 1. The first kappa shape index (κ1) is 12.2. The molecule has 3 atom stereocenters. The molecule has 0 saturated heterocycles. The number of ether oxygens (including phenoxy) is 2. The molecule has 1 aliphatic carbocycles. The van der Waals surface area contributed by atoms with Crippen LogP contribution in [0.5, 0.6) is 11.5 Å². The monoisotopic (exact) mass is 236 g/mol. The van der Waals surface area contributed by atoms with Crippen LogP contribution < -0.4 is 9.47 Å². The lowest BCUT2D eigenvalue weighted by molar-refractivity contribution is -0.147. The Bertz CT molecular complexity index is 391. The topological polar surface area (TPSA) is 38.7 Å². The smallest absolute Gasteiger partial charge is 0.161 e. The first-order valence-electron chi connectivity index (χ1n) is 6.09. The molecule has 0 radical (unpaired) electrons. The summed E-state index contributed by atoms with van der Waals surface area (Å²) in [5, 5.41) is 9.83. The molecule has 1 aromatic carbocycles. The molecular weight excluding hydrogens is 216 g/mol. The predicted molar refractivity (Wildman–Crippen MR) is 66.4 cm³/mol. The van der Waals surface area contributed by atoms with Crippen LogP contribution in [-0.2, 0) is 0 Å². The lowest BCUT2D eigenvalue weighted by Gasteiger charge is -2.50. The molecular formula is C14H20O3. The Kier molecular flexibility index (Phi) is 3.29. The van der Waals surface area contributed by atoms with Crippen LogP contribution in [0.15, 0.2) is 24.3 Å². The maximum atomic E-state index is 9.83. The van der Waals surface area contributed by atoms with Crippen LogP contribution in [0.3, 0.4) is 0 Å². The Morgan fingerprint density at radius 2 is 2.00 bits per heavy atom. The Labute approximate surface area is 102 Å². The summed E-state index contributed by atoms with van der Waals surface area (Å²) >= 11 is 0. The Morgan fingerprint density at radius 1 is 1.35 bits per heavy atom. The Balaban J connectivity index is 2.12. The van der Waals surface area contributed by atoms with E-state index in [-0.39, 0.29) is 17.6 Å². The number of aliphatic hydroxyl groups is 1. The molecule has 0 amide bonds. The molecule has 1 saturated carbocycles. The molecule has 1 aromatic rings. The molecule has 2 rings (SSSR count). The second kappa shape index (κ2) is 4.57. The molecule has 3 nitrogen and oxygen atoms in total. The number of rotatable bonds is 4. The van der Waals surface area contributed by atoms with E-state index in [0.29, 0.717) is 6.42 Å². The molecule has 0 aromatic heterocycles. The molecule has 17 heavy (non-hydrogen) atoms. The predicted octanol–water partition coefficient (Wildman–Crippen LogP) is 2.62. The maximum Gasteiger partial charge on any atom is 0.161 e.